The molecule has 1 aliphatic rings. The minimum Gasteiger partial charge on any atom is -0.478 e. The number of hydrogen-bond donors (Lipinski definition) is 2. The van der Waals surface area contributed by atoms with Crippen molar-refractivity contribution in [2.45, 2.75) is 38.3 Å². The minimum absolute atomic E-state index is 0.278. The number of pyridine rings is 1. The number of imidazole rings is 1. The van der Waals surface area contributed by atoms with Crippen LogP contribution in [0.5, 0.6) is 0 Å². The lowest BCUT2D eigenvalue weighted by atomic mass is 10.2. The Labute approximate surface area is 111 Å². The Morgan fingerprint density at radius 3 is 2.89 bits per heavy atom. The van der Waals surface area contributed by atoms with E-state index in [1.165, 1.54) is 25.7 Å². The van der Waals surface area contributed by atoms with Gasteiger partial charge < -0.3 is 14.8 Å². The average molecular weight is 259 g/mol. The Balaban J connectivity index is 1.75. The van der Waals surface area contributed by atoms with Crippen molar-refractivity contribution in [2.75, 3.05) is 0 Å². The monoisotopic (exact) mass is 259 g/mol. The summed E-state index contributed by atoms with van der Waals surface area (Å²) in [6, 6.07) is 3.93. The van der Waals surface area contributed by atoms with Crippen LogP contribution in [0.15, 0.2) is 24.5 Å². The fourth-order valence-corrected chi connectivity index (χ4v) is 2.63. The molecule has 0 bridgehead atoms. The summed E-state index contributed by atoms with van der Waals surface area (Å²) in [6.45, 7) is 0.745. The van der Waals surface area contributed by atoms with Crippen LogP contribution in [0.3, 0.4) is 0 Å². The van der Waals surface area contributed by atoms with Crippen LogP contribution in [0, 0.1) is 0 Å². The molecule has 2 heterocycles. The number of nitrogens with zero attached hydrogens (tertiary/aromatic N) is 2. The van der Waals surface area contributed by atoms with Crippen LogP contribution in [0.4, 0.5) is 0 Å². The summed E-state index contributed by atoms with van der Waals surface area (Å²) < 4.78 is 1.77. The van der Waals surface area contributed by atoms with Crippen LogP contribution in [0.1, 0.15) is 41.7 Å². The molecule has 0 aromatic carbocycles. The highest BCUT2D eigenvalue weighted by atomic mass is 16.4. The smallest absolute Gasteiger partial charge is 0.337 e. The second-order valence-electron chi connectivity index (χ2n) is 5.08. The molecule has 0 radical (unpaired) electrons. The molecule has 19 heavy (non-hydrogen) atoms. The zero-order valence-corrected chi connectivity index (χ0v) is 10.7. The van der Waals surface area contributed by atoms with E-state index < -0.39 is 5.97 Å². The molecule has 0 aliphatic heterocycles. The summed E-state index contributed by atoms with van der Waals surface area (Å²) in [6.07, 6.45) is 8.61. The van der Waals surface area contributed by atoms with Gasteiger partial charge in [-0.2, -0.15) is 0 Å². The van der Waals surface area contributed by atoms with Crippen molar-refractivity contribution in [1.29, 1.82) is 0 Å². The van der Waals surface area contributed by atoms with Gasteiger partial charge in [0.15, 0.2) is 0 Å². The maximum atomic E-state index is 10.9. The summed E-state index contributed by atoms with van der Waals surface area (Å²) in [4.78, 5) is 15.4. The Morgan fingerprint density at radius 1 is 1.37 bits per heavy atom. The number of rotatable bonds is 4. The van der Waals surface area contributed by atoms with Crippen molar-refractivity contribution in [3.05, 3.63) is 35.8 Å². The third-order valence-electron chi connectivity index (χ3n) is 3.67. The van der Waals surface area contributed by atoms with E-state index in [4.69, 9.17) is 5.11 Å². The van der Waals surface area contributed by atoms with Crippen LogP contribution < -0.4 is 5.32 Å². The predicted octanol–water partition coefficient (Wildman–Crippen LogP) is 2.06. The first-order chi connectivity index (χ1) is 9.22. The minimum atomic E-state index is -0.916. The molecule has 5 heteroatoms. The number of aromatic carboxylic acids is 1. The van der Waals surface area contributed by atoms with E-state index in [-0.39, 0.29) is 5.56 Å². The number of carboxylic acid groups (broad SMARTS) is 1. The van der Waals surface area contributed by atoms with Crippen LogP contribution in [-0.2, 0) is 6.54 Å². The fourth-order valence-electron chi connectivity index (χ4n) is 2.63. The maximum absolute atomic E-state index is 10.9. The Kier molecular flexibility index (Phi) is 3.21. The number of carbonyl (C=O) groups is 1. The summed E-state index contributed by atoms with van der Waals surface area (Å²) in [7, 11) is 0. The molecule has 1 saturated carbocycles. The van der Waals surface area contributed by atoms with Gasteiger partial charge in [0.2, 0.25) is 0 Å². The third-order valence-corrected chi connectivity index (χ3v) is 3.67. The number of fused-ring (bicyclic) bond motifs is 1. The summed E-state index contributed by atoms with van der Waals surface area (Å²) in [5.74, 6) is -0.916. The van der Waals surface area contributed by atoms with Crippen molar-refractivity contribution >= 4 is 11.6 Å². The van der Waals surface area contributed by atoms with E-state index in [1.54, 1.807) is 22.7 Å². The predicted molar refractivity (Wildman–Crippen MR) is 71.2 cm³/mol. The first-order valence-electron chi connectivity index (χ1n) is 6.67. The molecule has 5 nitrogen and oxygen atoms in total. The van der Waals surface area contributed by atoms with Crippen molar-refractivity contribution in [2.24, 2.45) is 0 Å². The highest BCUT2D eigenvalue weighted by Crippen LogP contribution is 2.18. The highest BCUT2D eigenvalue weighted by molar-refractivity contribution is 5.87. The van der Waals surface area contributed by atoms with Gasteiger partial charge in [-0.05, 0) is 25.0 Å². The Morgan fingerprint density at radius 2 is 2.16 bits per heavy atom. The molecule has 0 spiro atoms. The van der Waals surface area contributed by atoms with Crippen LogP contribution in [0.25, 0.3) is 5.65 Å². The van der Waals surface area contributed by atoms with Gasteiger partial charge in [-0.25, -0.2) is 9.78 Å². The van der Waals surface area contributed by atoms with E-state index in [2.05, 4.69) is 10.3 Å². The van der Waals surface area contributed by atoms with Crippen molar-refractivity contribution in [3.63, 3.8) is 0 Å². The summed E-state index contributed by atoms with van der Waals surface area (Å²) in [5, 5.41) is 12.5. The van der Waals surface area contributed by atoms with Gasteiger partial charge in [-0.3, -0.25) is 0 Å². The fraction of sp³-hybridized carbons (Fsp3) is 0.429. The van der Waals surface area contributed by atoms with Crippen LogP contribution in [-0.4, -0.2) is 26.5 Å². The molecular weight excluding hydrogens is 242 g/mol. The van der Waals surface area contributed by atoms with Crippen molar-refractivity contribution in [1.82, 2.24) is 14.7 Å². The zero-order valence-electron chi connectivity index (χ0n) is 10.7. The average Bonchev–Trinajstić information content (AvgIpc) is 3.04. The number of nitrogens with one attached hydrogen (secondary N) is 1. The molecule has 3 rings (SSSR count). The third kappa shape index (κ3) is 2.61. The normalized spacial score (nSPS) is 16.2. The SMILES string of the molecule is O=C(O)c1ccc2nc(CNC3CCCC3)cn2c1. The molecule has 0 saturated heterocycles. The molecule has 1 fully saturated rings. The molecule has 0 amide bonds. The van der Waals surface area contributed by atoms with Gasteiger partial charge in [-0.1, -0.05) is 12.8 Å². The molecule has 1 aliphatic carbocycles. The first kappa shape index (κ1) is 12.2. The quantitative estimate of drug-likeness (QED) is 0.882. The standard InChI is InChI=1S/C14H17N3O2/c18-14(19)10-5-6-13-16-12(9-17(13)8-10)7-15-11-3-1-2-4-11/h5-6,8-9,11,15H,1-4,7H2,(H,18,19). The Bertz CT molecular complexity index is 600. The summed E-state index contributed by atoms with van der Waals surface area (Å²) in [5.41, 5.74) is 2.02. The zero-order chi connectivity index (χ0) is 13.2. The first-order valence-corrected chi connectivity index (χ1v) is 6.67. The van der Waals surface area contributed by atoms with E-state index >= 15 is 0 Å². The van der Waals surface area contributed by atoms with Gasteiger partial charge in [-0.15, -0.1) is 0 Å². The molecule has 2 aromatic rings. The largest absolute Gasteiger partial charge is 0.478 e. The highest BCUT2D eigenvalue weighted by Gasteiger charge is 2.14. The maximum Gasteiger partial charge on any atom is 0.337 e. The van der Waals surface area contributed by atoms with E-state index in [9.17, 15) is 4.79 Å². The number of carboxylic acids is 1. The number of aromatic nitrogens is 2. The molecule has 2 aromatic heterocycles. The lowest BCUT2D eigenvalue weighted by Crippen LogP contribution is -2.25. The molecular formula is C14H17N3O2. The summed E-state index contributed by atoms with van der Waals surface area (Å²) >= 11 is 0. The van der Waals surface area contributed by atoms with Gasteiger partial charge in [0.05, 0.1) is 11.3 Å². The molecule has 100 valence electrons. The van der Waals surface area contributed by atoms with Crippen LogP contribution in [0.2, 0.25) is 0 Å². The van der Waals surface area contributed by atoms with E-state index in [1.807, 2.05) is 6.20 Å². The van der Waals surface area contributed by atoms with Gasteiger partial charge >= 0.3 is 5.97 Å². The van der Waals surface area contributed by atoms with Gasteiger partial charge in [0.1, 0.15) is 5.65 Å². The number of hydrogen-bond acceptors (Lipinski definition) is 3. The van der Waals surface area contributed by atoms with Crippen LogP contribution >= 0.6 is 0 Å². The van der Waals surface area contributed by atoms with E-state index in [0.29, 0.717) is 6.04 Å². The topological polar surface area (TPSA) is 66.6 Å². The molecule has 0 unspecified atom stereocenters. The lowest BCUT2D eigenvalue weighted by Gasteiger charge is -2.09. The van der Waals surface area contributed by atoms with Crippen molar-refractivity contribution in [3.8, 4) is 0 Å². The molecule has 0 atom stereocenters. The van der Waals surface area contributed by atoms with Gasteiger partial charge in [0, 0.05) is 25.0 Å². The second-order valence-corrected chi connectivity index (χ2v) is 5.08. The lowest BCUT2D eigenvalue weighted by molar-refractivity contribution is 0.0696. The molecule has 2 N–H and O–H groups in total. The second kappa shape index (κ2) is 5.01. The Hall–Kier alpha value is -1.88. The van der Waals surface area contributed by atoms with Crippen molar-refractivity contribution < 1.29 is 9.90 Å². The van der Waals surface area contributed by atoms with Gasteiger partial charge in [0.25, 0.3) is 0 Å². The van der Waals surface area contributed by atoms with E-state index in [0.717, 1.165) is 17.9 Å².